The largest absolute Gasteiger partial charge is 0.592 e. The van der Waals surface area contributed by atoms with E-state index < -0.39 is 16.9 Å². The summed E-state index contributed by atoms with van der Waals surface area (Å²) in [5.74, 6) is -1.49. The van der Waals surface area contributed by atoms with Crippen LogP contribution in [0.15, 0.2) is 86.4 Å². The number of phenols is 5. The topological polar surface area (TPSA) is 232 Å². The first-order chi connectivity index (χ1) is 22.6. The van der Waals surface area contributed by atoms with Crippen molar-refractivity contribution >= 4 is 43.5 Å². The van der Waals surface area contributed by atoms with Gasteiger partial charge in [-0.2, -0.15) is 0 Å². The molecule has 259 valence electrons. The third-order valence-electron chi connectivity index (χ3n) is 6.49. The Morgan fingerprint density at radius 3 is 1.84 bits per heavy atom. The van der Waals surface area contributed by atoms with Crippen LogP contribution in [0.4, 0.5) is 0 Å². The van der Waals surface area contributed by atoms with Crippen molar-refractivity contribution in [1.82, 2.24) is 0 Å². The van der Waals surface area contributed by atoms with Crippen LogP contribution in [0, 0.1) is 0 Å². The van der Waals surface area contributed by atoms with Gasteiger partial charge in [0.1, 0.15) is 51.2 Å². The van der Waals surface area contributed by atoms with Crippen molar-refractivity contribution in [2.45, 2.75) is 0 Å². The van der Waals surface area contributed by atoms with E-state index in [1.54, 1.807) is 37.2 Å². The summed E-state index contributed by atoms with van der Waals surface area (Å²) in [5, 5.41) is 59.5. The molecule has 15 heteroatoms. The molecule has 6 rings (SSSR count). The molecule has 6 aromatic rings. The maximum Gasteiger partial charge on any atom is 0.364 e. The summed E-state index contributed by atoms with van der Waals surface area (Å²) >= 11 is 0. The molecule has 10 N–H and O–H groups in total. The van der Waals surface area contributed by atoms with Gasteiger partial charge < -0.3 is 39.5 Å². The second-order valence-electron chi connectivity index (χ2n) is 10.7. The third kappa shape index (κ3) is 8.88. The average Bonchev–Trinajstić information content (AvgIpc) is 2.96. The fourth-order valence-corrected chi connectivity index (χ4v) is 4.65. The number of hydrogen-bond donors (Lipinski definition) is 5. The SMILES string of the molecule is CS(C)=[OH+].CS(C)=[OH+].O=c1cc(-c2ccc(O)c(-c3c(O)cc([OH2+])c4c(=[OH+])cc(-c5ccc(O)cc5)oc34)c2)oc2cc(O)cc(O)c12.[Co]. The molecule has 2 heterocycles. The van der Waals surface area contributed by atoms with Gasteiger partial charge >= 0.3 is 5.43 Å². The zero-order valence-electron chi connectivity index (χ0n) is 26.4. The van der Waals surface area contributed by atoms with Crippen LogP contribution < -0.4 is 10.9 Å². The Labute approximate surface area is 293 Å². The maximum absolute atomic E-state index is 12.8. The van der Waals surface area contributed by atoms with Gasteiger partial charge in [0.2, 0.25) is 5.39 Å². The van der Waals surface area contributed by atoms with Gasteiger partial charge in [-0.05, 0) is 42.5 Å². The molecule has 0 fully saturated rings. The normalized spacial score (nSPS) is 10.7. The molecule has 0 bridgehead atoms. The van der Waals surface area contributed by atoms with Crippen molar-refractivity contribution < 1.29 is 69.5 Å². The fourth-order valence-electron chi connectivity index (χ4n) is 4.65. The standard InChI is InChI=1S/C30H18O10.2C2H6OS.Co/c31-15-4-1-13(2-5-15)24-12-23(38)29-21(36)10-20(35)27(30(29)40-24)17-7-14(3-6-18(17)33)25-11-22(37)28-19(34)8-16(32)9-26(28)39-25;2*1-4(2)3;/h1-12,31-36H;2*1-2H3;/p+4. The zero-order valence-corrected chi connectivity index (χ0v) is 29.1. The van der Waals surface area contributed by atoms with Crippen molar-refractivity contribution in [1.29, 1.82) is 0 Å². The van der Waals surface area contributed by atoms with Crippen LogP contribution in [0.25, 0.3) is 55.7 Å². The summed E-state index contributed by atoms with van der Waals surface area (Å²) in [4.78, 5) is 23.6. The van der Waals surface area contributed by atoms with Gasteiger partial charge in [-0.1, -0.05) is 0 Å². The predicted molar refractivity (Wildman–Crippen MR) is 187 cm³/mol. The molecule has 0 amide bonds. The Morgan fingerprint density at radius 1 is 0.653 bits per heavy atom. The van der Waals surface area contributed by atoms with Crippen LogP contribution in [-0.4, -0.2) is 68.9 Å². The fraction of sp³-hybridized carbons (Fsp3) is 0.118. The molecule has 0 aliphatic heterocycles. The van der Waals surface area contributed by atoms with E-state index in [9.17, 15) is 35.1 Å². The maximum atomic E-state index is 12.8. The summed E-state index contributed by atoms with van der Waals surface area (Å²) in [6.07, 6.45) is 7.00. The minimum atomic E-state index is -0.575. The van der Waals surface area contributed by atoms with Crippen LogP contribution in [0.1, 0.15) is 0 Å². The number of hydrogen-bond acceptors (Lipinski definition) is 8. The average molecular weight is 758 g/mol. The predicted octanol–water partition coefficient (Wildman–Crippen LogP) is 4.81. The van der Waals surface area contributed by atoms with Crippen molar-refractivity contribution in [3.63, 3.8) is 0 Å². The van der Waals surface area contributed by atoms with E-state index in [-0.39, 0.29) is 117 Å². The van der Waals surface area contributed by atoms with Crippen molar-refractivity contribution in [3.8, 4) is 68.3 Å². The van der Waals surface area contributed by atoms with Gasteiger partial charge in [-0.25, -0.2) is 0 Å². The Balaban J connectivity index is 0.000000654. The van der Waals surface area contributed by atoms with Crippen LogP contribution in [0.5, 0.6) is 34.5 Å². The van der Waals surface area contributed by atoms with Crippen molar-refractivity contribution in [2.24, 2.45) is 0 Å². The Morgan fingerprint density at radius 2 is 1.22 bits per heavy atom. The molecule has 4 aromatic carbocycles. The van der Waals surface area contributed by atoms with Gasteiger partial charge in [-0.15, -0.1) is 0 Å². The molecule has 12 nitrogen and oxygen atoms in total. The van der Waals surface area contributed by atoms with Gasteiger partial charge in [-0.3, -0.25) is 18.0 Å². The summed E-state index contributed by atoms with van der Waals surface area (Å²) < 4.78 is 28.0. The van der Waals surface area contributed by atoms with Crippen LogP contribution in [0.2, 0.25) is 0 Å². The van der Waals surface area contributed by atoms with Gasteiger partial charge in [0.25, 0.3) is 5.75 Å². The molecule has 1 radical (unpaired) electrons. The Bertz CT molecular complexity index is 2310. The van der Waals surface area contributed by atoms with Crippen molar-refractivity contribution in [2.75, 3.05) is 25.0 Å². The van der Waals surface area contributed by atoms with Crippen LogP contribution in [0.3, 0.4) is 0 Å². The molecule has 0 aliphatic rings. The zero-order chi connectivity index (χ0) is 35.4. The molecule has 0 spiro atoms. The number of rotatable bonds is 3. The van der Waals surface area contributed by atoms with Crippen LogP contribution >= 0.6 is 0 Å². The molecular weight excluding hydrogens is 723 g/mol. The van der Waals surface area contributed by atoms with E-state index in [0.29, 0.717) is 5.56 Å². The van der Waals surface area contributed by atoms with E-state index in [1.807, 2.05) is 0 Å². The first-order valence-corrected chi connectivity index (χ1v) is 17.8. The van der Waals surface area contributed by atoms with E-state index in [0.717, 1.165) is 18.2 Å². The number of fused-ring (bicyclic) bond motifs is 2. The van der Waals surface area contributed by atoms with E-state index in [1.165, 1.54) is 42.5 Å². The molecule has 0 atom stereocenters. The quantitative estimate of drug-likeness (QED) is 0.157. The van der Waals surface area contributed by atoms with Gasteiger partial charge in [0.15, 0.2) is 32.6 Å². The van der Waals surface area contributed by atoms with Gasteiger partial charge in [0, 0.05) is 51.7 Å². The number of aromatic hydroxyl groups is 5. The molecular formula is C34H34CoO12S2+4. The second kappa shape index (κ2) is 15.9. The minimum absolute atomic E-state index is 0. The van der Waals surface area contributed by atoms with Crippen molar-refractivity contribution in [3.05, 3.63) is 88.4 Å². The van der Waals surface area contributed by atoms with E-state index >= 15 is 0 Å². The summed E-state index contributed by atoms with van der Waals surface area (Å²) in [5.41, 5.74) is -0.295. The Hall–Kier alpha value is -5.09. The Kier molecular flexibility index (Phi) is 12.4. The second-order valence-corrected chi connectivity index (χ2v) is 13.8. The van der Waals surface area contributed by atoms with Gasteiger partial charge in [0.05, 0.1) is 42.7 Å². The monoisotopic (exact) mass is 757 g/mol. The van der Waals surface area contributed by atoms with E-state index in [2.05, 4.69) is 0 Å². The first kappa shape index (κ1) is 38.4. The molecule has 2 aromatic heterocycles. The first-order valence-electron chi connectivity index (χ1n) is 13.8. The molecule has 0 unspecified atom stereocenters. The van der Waals surface area contributed by atoms with E-state index in [4.69, 9.17) is 22.4 Å². The minimum Gasteiger partial charge on any atom is -0.592 e. The molecule has 0 aliphatic carbocycles. The molecule has 49 heavy (non-hydrogen) atoms. The smallest absolute Gasteiger partial charge is 0.364 e. The number of phenolic OH excluding ortho intramolecular Hbond substituents is 5. The summed E-state index contributed by atoms with van der Waals surface area (Å²) in [7, 11) is -0.722. The third-order valence-corrected chi connectivity index (χ3v) is 6.49. The molecule has 0 saturated heterocycles. The summed E-state index contributed by atoms with van der Waals surface area (Å²) in [6, 6.07) is 15.9. The van der Waals surface area contributed by atoms with Crippen LogP contribution in [-0.2, 0) is 38.4 Å². The molecule has 0 saturated carbocycles. The number of benzene rings is 4. The summed E-state index contributed by atoms with van der Waals surface area (Å²) in [6.45, 7) is 0.